The lowest BCUT2D eigenvalue weighted by atomic mass is 9.88. The molecule has 13 heteroatoms. The van der Waals surface area contributed by atoms with Crippen LogP contribution in [-0.2, 0) is 24.4 Å². The number of sulfonamides is 1. The molecule has 3 aliphatic rings. The van der Waals surface area contributed by atoms with Gasteiger partial charge in [-0.25, -0.2) is 8.42 Å². The highest BCUT2D eigenvalue weighted by atomic mass is 32.2. The maximum Gasteiger partial charge on any atom is 0.259 e. The standard InChI is InChI=1S/C31H40N4O8S/c1-7-18-15-31(18,29(39)34-44(40,41)20-8-9-20)33-27(37)22-14-19(16-35(22)28(38)26(36)30(3,4)5)43-24-12-13-32-25-17(2)23(42-6)11-10-21(24)25/h7,10-13,18-20,22,26,36H,1,8-9,14-16H2,2-6H3,(H,33,37)(H,34,39)/t18-,19-,22-,26-,31-/m1/s1. The molecule has 2 heterocycles. The number of aryl methyl sites for hydroxylation is 1. The van der Waals surface area contributed by atoms with Crippen molar-refractivity contribution in [2.75, 3.05) is 13.7 Å². The van der Waals surface area contributed by atoms with Gasteiger partial charge in [0.2, 0.25) is 15.9 Å². The predicted octanol–water partition coefficient (Wildman–Crippen LogP) is 1.98. The van der Waals surface area contributed by atoms with Gasteiger partial charge in [0.05, 0.1) is 24.4 Å². The molecule has 44 heavy (non-hydrogen) atoms. The number of fused-ring (bicyclic) bond motifs is 1. The summed E-state index contributed by atoms with van der Waals surface area (Å²) < 4.78 is 38.9. The third-order valence-corrected chi connectivity index (χ3v) is 10.6. The summed E-state index contributed by atoms with van der Waals surface area (Å²) in [5.74, 6) is -1.42. The number of nitrogens with zero attached hydrogens (tertiary/aromatic N) is 2. The minimum Gasteiger partial charge on any atom is -0.496 e. The van der Waals surface area contributed by atoms with Gasteiger partial charge in [0.25, 0.3) is 11.8 Å². The SMILES string of the molecule is C=C[C@@H]1C[C@]1(NC(=O)[C@H]1C[C@@H](Oc2ccnc3c(C)c(OC)ccc23)CN1C(=O)[C@@H](O)C(C)(C)C)C(=O)NS(=O)(=O)C1CC1. The number of aliphatic hydroxyl groups is 1. The van der Waals surface area contributed by atoms with Gasteiger partial charge in [0.15, 0.2) is 0 Å². The largest absolute Gasteiger partial charge is 0.496 e. The second-order valence-corrected chi connectivity index (χ2v) is 15.0. The van der Waals surface area contributed by atoms with Crippen LogP contribution in [0.4, 0.5) is 0 Å². The molecule has 1 aliphatic heterocycles. The summed E-state index contributed by atoms with van der Waals surface area (Å²) >= 11 is 0. The Labute approximate surface area is 257 Å². The summed E-state index contributed by atoms with van der Waals surface area (Å²) in [5.41, 5.74) is -0.798. The summed E-state index contributed by atoms with van der Waals surface area (Å²) in [5, 5.41) is 13.7. The Bertz CT molecular complexity index is 1620. The molecule has 5 rings (SSSR count). The van der Waals surface area contributed by atoms with Gasteiger partial charge < -0.3 is 24.8 Å². The van der Waals surface area contributed by atoms with Crippen LogP contribution in [0.2, 0.25) is 0 Å². The van der Waals surface area contributed by atoms with Gasteiger partial charge in [0.1, 0.15) is 35.3 Å². The van der Waals surface area contributed by atoms with E-state index in [1.54, 1.807) is 40.1 Å². The van der Waals surface area contributed by atoms with Crippen LogP contribution in [-0.4, -0.2) is 83.8 Å². The highest BCUT2D eigenvalue weighted by molar-refractivity contribution is 7.91. The van der Waals surface area contributed by atoms with Crippen molar-refractivity contribution in [1.82, 2.24) is 19.9 Å². The fourth-order valence-electron chi connectivity index (χ4n) is 5.74. The van der Waals surface area contributed by atoms with Crippen molar-refractivity contribution >= 4 is 38.6 Å². The van der Waals surface area contributed by atoms with Crippen molar-refractivity contribution in [2.45, 2.75) is 82.4 Å². The summed E-state index contributed by atoms with van der Waals surface area (Å²) in [6, 6.07) is 4.26. The van der Waals surface area contributed by atoms with Gasteiger partial charge in [-0.15, -0.1) is 6.58 Å². The van der Waals surface area contributed by atoms with Crippen LogP contribution in [0.15, 0.2) is 37.1 Å². The smallest absolute Gasteiger partial charge is 0.259 e. The first-order chi connectivity index (χ1) is 20.6. The van der Waals surface area contributed by atoms with Crippen molar-refractivity contribution in [3.8, 4) is 11.5 Å². The summed E-state index contributed by atoms with van der Waals surface area (Å²) in [4.78, 5) is 46.4. The van der Waals surface area contributed by atoms with Gasteiger partial charge in [-0.2, -0.15) is 0 Å². The van der Waals surface area contributed by atoms with Crippen LogP contribution < -0.4 is 19.5 Å². The van der Waals surface area contributed by atoms with Gasteiger partial charge in [-0.05, 0) is 49.8 Å². The Morgan fingerprint density at radius 3 is 2.50 bits per heavy atom. The third kappa shape index (κ3) is 5.86. The molecule has 2 saturated carbocycles. The third-order valence-electron chi connectivity index (χ3n) is 8.74. The van der Waals surface area contributed by atoms with Crippen LogP contribution >= 0.6 is 0 Å². The maximum absolute atomic E-state index is 13.9. The van der Waals surface area contributed by atoms with E-state index in [1.165, 1.54) is 11.0 Å². The fraction of sp³-hybridized carbons (Fsp3) is 0.548. The Morgan fingerprint density at radius 2 is 1.91 bits per heavy atom. The van der Waals surface area contributed by atoms with Crippen LogP contribution in [0.25, 0.3) is 10.9 Å². The van der Waals surface area contributed by atoms with E-state index in [2.05, 4.69) is 21.6 Å². The molecule has 0 unspecified atom stereocenters. The number of pyridine rings is 1. The number of hydrogen-bond acceptors (Lipinski definition) is 9. The lowest BCUT2D eigenvalue weighted by Gasteiger charge is -2.32. The molecule has 3 N–H and O–H groups in total. The molecular weight excluding hydrogens is 588 g/mol. The second-order valence-electron chi connectivity index (χ2n) is 13.0. The quantitative estimate of drug-likeness (QED) is 0.334. The Balaban J connectivity index is 1.41. The molecule has 2 aliphatic carbocycles. The van der Waals surface area contributed by atoms with Crippen molar-refractivity contribution in [3.05, 3.63) is 42.6 Å². The highest BCUT2D eigenvalue weighted by Gasteiger charge is 2.62. The fourth-order valence-corrected chi connectivity index (χ4v) is 7.11. The number of methoxy groups -OCH3 is 1. The molecule has 0 bridgehead atoms. The van der Waals surface area contributed by atoms with Crippen LogP contribution in [0, 0.1) is 18.3 Å². The maximum atomic E-state index is 13.9. The number of rotatable bonds is 10. The van der Waals surface area contributed by atoms with E-state index in [-0.39, 0.29) is 19.4 Å². The molecule has 1 aromatic carbocycles. The number of hydrogen-bond donors (Lipinski definition) is 3. The number of amides is 3. The zero-order valence-corrected chi connectivity index (χ0v) is 26.4. The van der Waals surface area contributed by atoms with Crippen molar-refractivity contribution in [2.24, 2.45) is 11.3 Å². The van der Waals surface area contributed by atoms with Gasteiger partial charge in [-0.3, -0.25) is 24.1 Å². The lowest BCUT2D eigenvalue weighted by Crippen LogP contribution is -2.57. The zero-order valence-electron chi connectivity index (χ0n) is 25.6. The number of benzene rings is 1. The first-order valence-electron chi connectivity index (χ1n) is 14.7. The van der Waals surface area contributed by atoms with Crippen molar-refractivity contribution < 1.29 is 37.4 Å². The number of likely N-dealkylation sites (tertiary alicyclic amines) is 1. The van der Waals surface area contributed by atoms with E-state index < -0.39 is 68.1 Å². The van der Waals surface area contributed by atoms with Gasteiger partial charge in [0, 0.05) is 29.5 Å². The monoisotopic (exact) mass is 628 g/mol. The molecule has 12 nitrogen and oxygen atoms in total. The van der Waals surface area contributed by atoms with E-state index >= 15 is 0 Å². The normalized spacial score (nSPS) is 25.7. The molecule has 1 saturated heterocycles. The van der Waals surface area contributed by atoms with Crippen LogP contribution in [0.3, 0.4) is 0 Å². The van der Waals surface area contributed by atoms with Gasteiger partial charge >= 0.3 is 0 Å². The minimum atomic E-state index is -3.85. The summed E-state index contributed by atoms with van der Waals surface area (Å²) in [7, 11) is -2.27. The number of nitrogens with one attached hydrogen (secondary N) is 2. The van der Waals surface area contributed by atoms with E-state index in [1.807, 2.05) is 19.1 Å². The van der Waals surface area contributed by atoms with Crippen molar-refractivity contribution in [1.29, 1.82) is 0 Å². The molecule has 238 valence electrons. The molecule has 0 radical (unpaired) electrons. The Hall–Kier alpha value is -3.71. The summed E-state index contributed by atoms with van der Waals surface area (Å²) in [6.07, 6.45) is 2.26. The average molecular weight is 629 g/mol. The molecule has 3 fully saturated rings. The van der Waals surface area contributed by atoms with Crippen LogP contribution in [0.1, 0.15) is 52.0 Å². The number of aromatic nitrogens is 1. The highest BCUT2D eigenvalue weighted by Crippen LogP contribution is 2.45. The molecule has 0 spiro atoms. The average Bonchev–Trinajstić information content (AvgIpc) is 3.89. The molecule has 3 amide bonds. The topological polar surface area (TPSA) is 164 Å². The first-order valence-corrected chi connectivity index (χ1v) is 16.3. The molecule has 1 aromatic heterocycles. The Kier molecular flexibility index (Phi) is 8.17. The zero-order chi connectivity index (χ0) is 32.2. The molecule has 5 atom stereocenters. The van der Waals surface area contributed by atoms with E-state index in [9.17, 15) is 27.9 Å². The van der Waals surface area contributed by atoms with Crippen LogP contribution in [0.5, 0.6) is 11.5 Å². The first kappa shape index (κ1) is 31.7. The van der Waals surface area contributed by atoms with E-state index in [0.717, 1.165) is 10.9 Å². The number of carbonyl (C=O) groups excluding carboxylic acids is 3. The predicted molar refractivity (Wildman–Crippen MR) is 162 cm³/mol. The van der Waals surface area contributed by atoms with Crippen molar-refractivity contribution in [3.63, 3.8) is 0 Å². The lowest BCUT2D eigenvalue weighted by molar-refractivity contribution is -0.150. The number of carbonyl (C=O) groups is 3. The number of aliphatic hydroxyl groups excluding tert-OH is 1. The molecular formula is C31H40N4O8S. The van der Waals surface area contributed by atoms with Gasteiger partial charge in [-0.1, -0.05) is 26.8 Å². The molecule has 2 aromatic rings. The minimum absolute atomic E-state index is 0.00313. The van der Waals surface area contributed by atoms with E-state index in [4.69, 9.17) is 9.47 Å². The van der Waals surface area contributed by atoms with E-state index in [0.29, 0.717) is 29.9 Å². The Morgan fingerprint density at radius 1 is 1.20 bits per heavy atom. The summed E-state index contributed by atoms with van der Waals surface area (Å²) in [6.45, 7) is 10.8. The number of ether oxygens (including phenoxy) is 2. The second kappa shape index (κ2) is 11.3.